The van der Waals surface area contributed by atoms with Crippen molar-refractivity contribution in [1.29, 1.82) is 0 Å². The van der Waals surface area contributed by atoms with E-state index in [0.717, 1.165) is 50.0 Å². The zero-order chi connectivity index (χ0) is 26.4. The lowest BCUT2D eigenvalue weighted by atomic mass is 10.2. The normalized spacial score (nSPS) is 18.2. The Morgan fingerprint density at radius 1 is 1.16 bits per heavy atom. The van der Waals surface area contributed by atoms with Crippen LogP contribution in [0.3, 0.4) is 0 Å². The summed E-state index contributed by atoms with van der Waals surface area (Å²) < 4.78 is 13.3. The van der Waals surface area contributed by atoms with E-state index in [0.29, 0.717) is 41.2 Å². The second-order valence-electron chi connectivity index (χ2n) is 10.1. The SMILES string of the molecule is CC=C1N(CCC)c2nc(-c3ccc(N(CC4CC4)C(=O)c4ccc(F)nc4)nc3)[nH]c2C(=O)N1C1CC1. The molecular formula is C28H30FN7O2. The predicted octanol–water partition coefficient (Wildman–Crippen LogP) is 4.76. The minimum Gasteiger partial charge on any atom is -0.332 e. The van der Waals surface area contributed by atoms with E-state index < -0.39 is 5.95 Å². The summed E-state index contributed by atoms with van der Waals surface area (Å²) in [5.74, 6) is 2.06. The highest BCUT2D eigenvalue weighted by atomic mass is 19.1. The first kappa shape index (κ1) is 24.3. The Kier molecular flexibility index (Phi) is 6.17. The second kappa shape index (κ2) is 9.66. The number of allylic oxidation sites excluding steroid dienone is 1. The summed E-state index contributed by atoms with van der Waals surface area (Å²) in [6.45, 7) is 5.36. The van der Waals surface area contributed by atoms with Crippen LogP contribution in [-0.4, -0.2) is 55.8 Å². The Bertz CT molecular complexity index is 1390. The molecule has 9 nitrogen and oxygen atoms in total. The summed E-state index contributed by atoms with van der Waals surface area (Å²) in [5, 5.41) is 0. The number of hydrogen-bond donors (Lipinski definition) is 1. The number of halogens is 1. The molecule has 2 amide bonds. The third-order valence-corrected chi connectivity index (χ3v) is 7.17. The molecule has 6 rings (SSSR count). The summed E-state index contributed by atoms with van der Waals surface area (Å²) in [6, 6.07) is 6.50. The number of fused-ring (bicyclic) bond motifs is 1. The number of amides is 2. The van der Waals surface area contributed by atoms with Gasteiger partial charge in [0.05, 0.1) is 5.56 Å². The smallest absolute Gasteiger partial charge is 0.279 e. The Hall–Kier alpha value is -4.08. The number of anilines is 2. The van der Waals surface area contributed by atoms with Gasteiger partial charge < -0.3 is 9.88 Å². The molecule has 1 N–H and O–H groups in total. The molecule has 10 heteroatoms. The zero-order valence-electron chi connectivity index (χ0n) is 21.5. The number of imidazole rings is 1. The fraction of sp³-hybridized carbons (Fsp3) is 0.393. The van der Waals surface area contributed by atoms with E-state index in [-0.39, 0.29) is 17.9 Å². The molecule has 2 fully saturated rings. The quantitative estimate of drug-likeness (QED) is 0.435. The molecule has 0 unspecified atom stereocenters. The molecule has 4 heterocycles. The van der Waals surface area contributed by atoms with E-state index in [1.807, 2.05) is 24.0 Å². The van der Waals surface area contributed by atoms with Gasteiger partial charge in [-0.1, -0.05) is 6.92 Å². The van der Waals surface area contributed by atoms with Crippen molar-refractivity contribution in [1.82, 2.24) is 24.8 Å². The van der Waals surface area contributed by atoms with Crippen molar-refractivity contribution in [3.05, 3.63) is 65.8 Å². The van der Waals surface area contributed by atoms with Crippen LogP contribution in [0.1, 0.15) is 66.8 Å². The van der Waals surface area contributed by atoms with Gasteiger partial charge in [-0.25, -0.2) is 15.0 Å². The predicted molar refractivity (Wildman–Crippen MR) is 141 cm³/mol. The monoisotopic (exact) mass is 515 g/mol. The Balaban J connectivity index is 1.31. The molecule has 196 valence electrons. The van der Waals surface area contributed by atoms with Crippen LogP contribution in [0.2, 0.25) is 0 Å². The summed E-state index contributed by atoms with van der Waals surface area (Å²) in [6.07, 6.45) is 9.97. The number of carbonyl (C=O) groups is 2. The molecule has 1 aliphatic heterocycles. The Labute approximate surface area is 220 Å². The molecule has 0 radical (unpaired) electrons. The lowest BCUT2D eigenvalue weighted by Gasteiger charge is -2.37. The van der Waals surface area contributed by atoms with Gasteiger partial charge in [-0.2, -0.15) is 4.39 Å². The average molecular weight is 516 g/mol. The standard InChI is InChI=1S/C28H30FN7O2/c1-3-13-34-23(4-2)36(20-9-10-20)28(38)24-26(34)33-25(32-24)18-8-12-22(31-14-18)35(16-17-5-6-17)27(37)19-7-11-21(29)30-15-19/h4,7-8,11-12,14-15,17,20H,3,5-6,9-10,13,16H2,1-2H3,(H,32,33). The van der Waals surface area contributed by atoms with Gasteiger partial charge >= 0.3 is 0 Å². The summed E-state index contributed by atoms with van der Waals surface area (Å²) in [7, 11) is 0. The fourth-order valence-corrected chi connectivity index (χ4v) is 4.92. The van der Waals surface area contributed by atoms with Crippen LogP contribution < -0.4 is 9.80 Å². The molecule has 0 aromatic carbocycles. The van der Waals surface area contributed by atoms with E-state index in [1.54, 1.807) is 17.2 Å². The molecule has 0 saturated heterocycles. The van der Waals surface area contributed by atoms with E-state index in [9.17, 15) is 14.0 Å². The van der Waals surface area contributed by atoms with Crippen molar-refractivity contribution in [3.63, 3.8) is 0 Å². The van der Waals surface area contributed by atoms with Gasteiger partial charge in [-0.15, -0.1) is 0 Å². The van der Waals surface area contributed by atoms with Crippen molar-refractivity contribution in [3.8, 4) is 11.4 Å². The molecule has 3 aromatic rings. The highest BCUT2D eigenvalue weighted by molar-refractivity contribution is 6.05. The summed E-state index contributed by atoms with van der Waals surface area (Å²) in [4.78, 5) is 48.6. The first-order chi connectivity index (χ1) is 18.5. The number of carbonyl (C=O) groups excluding carboxylic acids is 2. The molecule has 0 spiro atoms. The number of rotatable bonds is 8. The van der Waals surface area contributed by atoms with Crippen molar-refractivity contribution < 1.29 is 14.0 Å². The molecule has 38 heavy (non-hydrogen) atoms. The summed E-state index contributed by atoms with van der Waals surface area (Å²) >= 11 is 0. The Morgan fingerprint density at radius 2 is 1.97 bits per heavy atom. The number of H-pyrrole nitrogens is 1. The third-order valence-electron chi connectivity index (χ3n) is 7.17. The first-order valence-electron chi connectivity index (χ1n) is 13.3. The first-order valence-corrected chi connectivity index (χ1v) is 13.3. The van der Waals surface area contributed by atoms with Crippen molar-refractivity contribution in [2.24, 2.45) is 5.92 Å². The number of aromatic nitrogens is 4. The lowest BCUT2D eigenvalue weighted by molar-refractivity contribution is 0.0776. The highest BCUT2D eigenvalue weighted by Crippen LogP contribution is 2.40. The van der Waals surface area contributed by atoms with Crippen LogP contribution in [0.4, 0.5) is 16.0 Å². The molecule has 0 bridgehead atoms. The van der Waals surface area contributed by atoms with Crippen LogP contribution in [-0.2, 0) is 0 Å². The van der Waals surface area contributed by atoms with E-state index >= 15 is 0 Å². The number of hydrogen-bond acceptors (Lipinski definition) is 6. The minimum absolute atomic E-state index is 0.0552. The van der Waals surface area contributed by atoms with Crippen LogP contribution in [0, 0.1) is 11.9 Å². The number of nitrogens with one attached hydrogen (secondary N) is 1. The molecule has 0 atom stereocenters. The third kappa shape index (κ3) is 4.44. The number of aromatic amines is 1. The van der Waals surface area contributed by atoms with Gasteiger partial charge in [-0.05, 0) is 75.3 Å². The van der Waals surface area contributed by atoms with Gasteiger partial charge in [0.1, 0.15) is 23.2 Å². The van der Waals surface area contributed by atoms with Gasteiger partial charge in [0, 0.05) is 37.1 Å². The second-order valence-corrected chi connectivity index (χ2v) is 10.1. The van der Waals surface area contributed by atoms with Crippen molar-refractivity contribution in [2.75, 3.05) is 22.9 Å². The lowest BCUT2D eigenvalue weighted by Crippen LogP contribution is -2.46. The molecule has 2 saturated carbocycles. The van der Waals surface area contributed by atoms with E-state index in [1.165, 1.54) is 18.3 Å². The topological polar surface area (TPSA) is 98.3 Å². The van der Waals surface area contributed by atoms with E-state index in [4.69, 9.17) is 4.98 Å². The highest BCUT2D eigenvalue weighted by Gasteiger charge is 2.43. The summed E-state index contributed by atoms with van der Waals surface area (Å²) in [5.41, 5.74) is 1.52. The largest absolute Gasteiger partial charge is 0.332 e. The molecule has 3 aliphatic rings. The Morgan fingerprint density at radius 3 is 2.58 bits per heavy atom. The van der Waals surface area contributed by atoms with Gasteiger partial charge in [-0.3, -0.25) is 19.4 Å². The fourth-order valence-electron chi connectivity index (χ4n) is 4.92. The molecular weight excluding hydrogens is 485 g/mol. The minimum atomic E-state index is -0.628. The maximum absolute atomic E-state index is 13.4. The van der Waals surface area contributed by atoms with Gasteiger partial charge in [0.15, 0.2) is 5.82 Å². The van der Waals surface area contributed by atoms with Crippen molar-refractivity contribution >= 4 is 23.5 Å². The van der Waals surface area contributed by atoms with Crippen LogP contribution in [0.5, 0.6) is 0 Å². The van der Waals surface area contributed by atoms with Crippen LogP contribution in [0.15, 0.2) is 48.6 Å². The number of nitrogens with zero attached hydrogens (tertiary/aromatic N) is 6. The van der Waals surface area contributed by atoms with Crippen LogP contribution >= 0.6 is 0 Å². The van der Waals surface area contributed by atoms with Gasteiger partial charge in [0.2, 0.25) is 5.95 Å². The van der Waals surface area contributed by atoms with Crippen molar-refractivity contribution in [2.45, 2.75) is 52.0 Å². The number of pyridine rings is 2. The maximum atomic E-state index is 13.4. The molecule has 3 aromatic heterocycles. The van der Waals surface area contributed by atoms with Crippen LogP contribution in [0.25, 0.3) is 11.4 Å². The average Bonchev–Trinajstić information content (AvgIpc) is 3.87. The zero-order valence-corrected chi connectivity index (χ0v) is 21.5. The van der Waals surface area contributed by atoms with Gasteiger partial charge in [0.25, 0.3) is 11.8 Å². The molecule has 2 aliphatic carbocycles. The maximum Gasteiger partial charge on any atom is 0.279 e. The van der Waals surface area contributed by atoms with E-state index in [2.05, 4.69) is 26.8 Å².